The van der Waals surface area contributed by atoms with Crippen molar-refractivity contribution in [1.29, 1.82) is 0 Å². The maximum atomic E-state index is 5.47. The van der Waals surface area contributed by atoms with Gasteiger partial charge in [0.15, 0.2) is 0 Å². The lowest BCUT2D eigenvalue weighted by Crippen LogP contribution is -2.36. The summed E-state index contributed by atoms with van der Waals surface area (Å²) in [7, 11) is 1.84. The van der Waals surface area contributed by atoms with Crippen molar-refractivity contribution in [3.8, 4) is 0 Å². The van der Waals surface area contributed by atoms with Gasteiger partial charge in [0.2, 0.25) is 0 Å². The molecule has 2 fully saturated rings. The Kier molecular flexibility index (Phi) is 6.81. The minimum absolute atomic E-state index is 0.472. The zero-order valence-corrected chi connectivity index (χ0v) is 15.2. The first-order valence-electron chi connectivity index (χ1n) is 8.96. The van der Waals surface area contributed by atoms with Gasteiger partial charge in [-0.15, -0.1) is 0 Å². The average molecular weight is 335 g/mol. The van der Waals surface area contributed by atoms with Crippen LogP contribution in [0.4, 0.5) is 0 Å². The summed E-state index contributed by atoms with van der Waals surface area (Å²) in [4.78, 5) is 5.18. The van der Waals surface area contributed by atoms with Crippen LogP contribution in [0.3, 0.4) is 0 Å². The third-order valence-electron chi connectivity index (χ3n) is 5.09. The molecule has 0 N–H and O–H groups in total. The van der Waals surface area contributed by atoms with E-state index in [1.165, 1.54) is 61.5 Å². The number of benzene rings is 1. The fourth-order valence-corrected chi connectivity index (χ4v) is 4.54. The standard InChI is InChI=1S/C19H30N2OS/c1-22-19-6-9-21(10-7-19)16-18-4-2-3-17(15-18)5-8-20-11-13-23-14-12-20/h2-4,15,19H,5-14,16H2,1H3. The molecule has 23 heavy (non-hydrogen) atoms. The smallest absolute Gasteiger partial charge is 0.0595 e. The van der Waals surface area contributed by atoms with E-state index in [1.54, 1.807) is 0 Å². The van der Waals surface area contributed by atoms with Crippen LogP contribution in [-0.4, -0.2) is 67.2 Å². The molecule has 0 bridgehead atoms. The SMILES string of the molecule is COC1CCN(Cc2cccc(CCN3CCSCC3)c2)CC1. The molecule has 0 saturated carbocycles. The van der Waals surface area contributed by atoms with Crippen molar-refractivity contribution in [3.05, 3.63) is 35.4 Å². The lowest BCUT2D eigenvalue weighted by molar-refractivity contribution is 0.0388. The highest BCUT2D eigenvalue weighted by atomic mass is 32.2. The molecule has 2 aliphatic rings. The first-order valence-corrected chi connectivity index (χ1v) is 10.1. The molecule has 0 aliphatic carbocycles. The molecule has 2 saturated heterocycles. The normalized spacial score (nSPS) is 21.6. The predicted molar refractivity (Wildman–Crippen MR) is 99.2 cm³/mol. The number of methoxy groups -OCH3 is 1. The molecule has 0 atom stereocenters. The first kappa shape index (κ1) is 17.3. The molecule has 2 heterocycles. The Bertz CT molecular complexity index is 468. The maximum Gasteiger partial charge on any atom is 0.0595 e. The van der Waals surface area contributed by atoms with Crippen molar-refractivity contribution < 1.29 is 4.74 Å². The zero-order chi connectivity index (χ0) is 15.9. The number of thioether (sulfide) groups is 1. The number of piperidine rings is 1. The van der Waals surface area contributed by atoms with E-state index < -0.39 is 0 Å². The summed E-state index contributed by atoms with van der Waals surface area (Å²) < 4.78 is 5.47. The molecule has 0 aromatic heterocycles. The summed E-state index contributed by atoms with van der Waals surface area (Å²) >= 11 is 2.09. The Hall–Kier alpha value is -0.550. The van der Waals surface area contributed by atoms with Crippen LogP contribution in [0.15, 0.2) is 24.3 Å². The zero-order valence-electron chi connectivity index (χ0n) is 14.4. The Morgan fingerprint density at radius 2 is 1.78 bits per heavy atom. The molecule has 3 nitrogen and oxygen atoms in total. The van der Waals surface area contributed by atoms with Crippen LogP contribution in [0.2, 0.25) is 0 Å². The molecule has 3 rings (SSSR count). The number of hydrogen-bond donors (Lipinski definition) is 0. The second-order valence-corrected chi connectivity index (χ2v) is 7.96. The van der Waals surface area contributed by atoms with Crippen molar-refractivity contribution in [2.24, 2.45) is 0 Å². The summed E-state index contributed by atoms with van der Waals surface area (Å²) in [5, 5.41) is 0. The van der Waals surface area contributed by atoms with Crippen molar-refractivity contribution in [1.82, 2.24) is 9.80 Å². The quantitative estimate of drug-likeness (QED) is 0.794. The van der Waals surface area contributed by atoms with Gasteiger partial charge in [0.1, 0.15) is 0 Å². The van der Waals surface area contributed by atoms with Gasteiger partial charge in [0.25, 0.3) is 0 Å². The molecule has 0 unspecified atom stereocenters. The van der Waals surface area contributed by atoms with E-state index in [2.05, 4.69) is 45.8 Å². The second kappa shape index (κ2) is 9.07. The van der Waals surface area contributed by atoms with E-state index in [-0.39, 0.29) is 0 Å². The van der Waals surface area contributed by atoms with Crippen LogP contribution >= 0.6 is 11.8 Å². The van der Waals surface area contributed by atoms with Crippen LogP contribution in [0.5, 0.6) is 0 Å². The number of nitrogens with zero attached hydrogens (tertiary/aromatic N) is 2. The van der Waals surface area contributed by atoms with Crippen LogP contribution in [0, 0.1) is 0 Å². The minimum Gasteiger partial charge on any atom is -0.381 e. The summed E-state index contributed by atoms with van der Waals surface area (Å²) in [5.74, 6) is 2.61. The predicted octanol–water partition coefficient (Wildman–Crippen LogP) is 2.89. The number of hydrogen-bond acceptors (Lipinski definition) is 4. The van der Waals surface area contributed by atoms with Crippen molar-refractivity contribution in [2.45, 2.75) is 31.9 Å². The van der Waals surface area contributed by atoms with E-state index in [0.717, 1.165) is 19.6 Å². The van der Waals surface area contributed by atoms with E-state index in [1.807, 2.05) is 7.11 Å². The third-order valence-corrected chi connectivity index (χ3v) is 6.03. The Morgan fingerprint density at radius 3 is 2.52 bits per heavy atom. The summed E-state index contributed by atoms with van der Waals surface area (Å²) in [6.07, 6.45) is 4.00. The highest BCUT2D eigenvalue weighted by molar-refractivity contribution is 7.99. The van der Waals surface area contributed by atoms with E-state index in [4.69, 9.17) is 4.74 Å². The summed E-state index contributed by atoms with van der Waals surface area (Å²) in [5.41, 5.74) is 2.96. The molecule has 0 spiro atoms. The topological polar surface area (TPSA) is 15.7 Å². The lowest BCUT2D eigenvalue weighted by Gasteiger charge is -2.31. The second-order valence-electron chi connectivity index (χ2n) is 6.74. The molecule has 0 amide bonds. The Labute approximate surface area is 145 Å². The Morgan fingerprint density at radius 1 is 1.04 bits per heavy atom. The van der Waals surface area contributed by atoms with Gasteiger partial charge in [0, 0.05) is 57.9 Å². The van der Waals surface area contributed by atoms with Gasteiger partial charge in [-0.2, -0.15) is 11.8 Å². The van der Waals surface area contributed by atoms with E-state index in [9.17, 15) is 0 Å². The largest absolute Gasteiger partial charge is 0.381 e. The van der Waals surface area contributed by atoms with Crippen molar-refractivity contribution in [3.63, 3.8) is 0 Å². The monoisotopic (exact) mass is 334 g/mol. The van der Waals surface area contributed by atoms with Crippen LogP contribution in [-0.2, 0) is 17.7 Å². The fraction of sp³-hybridized carbons (Fsp3) is 0.684. The van der Waals surface area contributed by atoms with Crippen molar-refractivity contribution in [2.75, 3.05) is 51.3 Å². The van der Waals surface area contributed by atoms with Gasteiger partial charge in [0.05, 0.1) is 6.10 Å². The van der Waals surface area contributed by atoms with Gasteiger partial charge < -0.3 is 9.64 Å². The third kappa shape index (κ3) is 5.49. The molecule has 128 valence electrons. The van der Waals surface area contributed by atoms with Crippen LogP contribution in [0.1, 0.15) is 24.0 Å². The Balaban J connectivity index is 1.47. The average Bonchev–Trinajstić information content (AvgIpc) is 2.62. The molecule has 1 aromatic rings. The van der Waals surface area contributed by atoms with Gasteiger partial charge in [-0.1, -0.05) is 24.3 Å². The summed E-state index contributed by atoms with van der Waals surface area (Å²) in [6.45, 7) is 7.15. The van der Waals surface area contributed by atoms with Crippen molar-refractivity contribution >= 4 is 11.8 Å². The van der Waals surface area contributed by atoms with Crippen LogP contribution in [0.25, 0.3) is 0 Å². The van der Waals surface area contributed by atoms with Gasteiger partial charge >= 0.3 is 0 Å². The maximum absolute atomic E-state index is 5.47. The molecule has 0 radical (unpaired) electrons. The van der Waals surface area contributed by atoms with E-state index in [0.29, 0.717) is 6.10 Å². The van der Waals surface area contributed by atoms with Gasteiger partial charge in [-0.25, -0.2) is 0 Å². The van der Waals surface area contributed by atoms with Gasteiger partial charge in [-0.05, 0) is 30.4 Å². The number of rotatable bonds is 6. The van der Waals surface area contributed by atoms with Crippen LogP contribution < -0.4 is 0 Å². The lowest BCUT2D eigenvalue weighted by atomic mass is 10.0. The molecule has 2 aliphatic heterocycles. The fourth-order valence-electron chi connectivity index (χ4n) is 3.56. The molecule has 1 aromatic carbocycles. The highest BCUT2D eigenvalue weighted by Crippen LogP contribution is 2.17. The first-order chi connectivity index (χ1) is 11.3. The van der Waals surface area contributed by atoms with E-state index >= 15 is 0 Å². The molecule has 4 heteroatoms. The molecular weight excluding hydrogens is 304 g/mol. The highest BCUT2D eigenvalue weighted by Gasteiger charge is 2.18. The molecular formula is C19H30N2OS. The summed E-state index contributed by atoms with van der Waals surface area (Å²) in [6, 6.07) is 9.22. The number of ether oxygens (including phenoxy) is 1. The minimum atomic E-state index is 0.472. The number of likely N-dealkylation sites (tertiary alicyclic amines) is 1. The van der Waals surface area contributed by atoms with Gasteiger partial charge in [-0.3, -0.25) is 4.90 Å².